The maximum Gasteiger partial charge on any atom is 0.416 e. The molecule has 106 valence electrons. The number of nitrogens with one attached hydrogen (secondary N) is 1. The maximum absolute atomic E-state index is 12.6. The van der Waals surface area contributed by atoms with Crippen molar-refractivity contribution in [3.63, 3.8) is 0 Å². The molecule has 0 saturated carbocycles. The van der Waals surface area contributed by atoms with E-state index >= 15 is 0 Å². The van der Waals surface area contributed by atoms with Gasteiger partial charge in [-0.3, -0.25) is 4.79 Å². The van der Waals surface area contributed by atoms with Crippen molar-refractivity contribution >= 4 is 11.6 Å². The number of alkyl halides is 3. The molecule has 0 aliphatic rings. The molecule has 2 N–H and O–H groups in total. The van der Waals surface area contributed by atoms with E-state index in [1.54, 1.807) is 0 Å². The van der Waals surface area contributed by atoms with Gasteiger partial charge in [-0.1, -0.05) is 0 Å². The number of allylic oxidation sites excluding steroid dienone is 1. The monoisotopic (exact) mass is 284 g/mol. The number of benzene rings is 1. The number of aliphatic hydroxyl groups excluding tert-OH is 1. The van der Waals surface area contributed by atoms with Crippen molar-refractivity contribution in [3.8, 4) is 6.07 Å². The van der Waals surface area contributed by atoms with Crippen LogP contribution in [0.4, 0.5) is 18.9 Å². The fourth-order valence-corrected chi connectivity index (χ4v) is 1.55. The first-order valence-electron chi connectivity index (χ1n) is 5.46. The third-order valence-corrected chi connectivity index (χ3v) is 2.49. The van der Waals surface area contributed by atoms with Crippen molar-refractivity contribution in [1.82, 2.24) is 0 Å². The van der Waals surface area contributed by atoms with Gasteiger partial charge in [0.15, 0.2) is 5.57 Å². The van der Waals surface area contributed by atoms with Gasteiger partial charge < -0.3 is 10.4 Å². The molecule has 0 spiro atoms. The molecule has 0 saturated heterocycles. The first-order valence-corrected chi connectivity index (χ1v) is 5.46. The van der Waals surface area contributed by atoms with Gasteiger partial charge in [-0.25, -0.2) is 0 Å². The van der Waals surface area contributed by atoms with Crippen molar-refractivity contribution in [2.45, 2.75) is 20.0 Å². The van der Waals surface area contributed by atoms with Gasteiger partial charge >= 0.3 is 6.18 Å². The van der Waals surface area contributed by atoms with Gasteiger partial charge in [-0.2, -0.15) is 18.4 Å². The van der Waals surface area contributed by atoms with Crippen LogP contribution in [0.5, 0.6) is 0 Å². The fraction of sp³-hybridized carbons (Fsp3) is 0.231. The van der Waals surface area contributed by atoms with E-state index in [0.717, 1.165) is 25.1 Å². The average Bonchev–Trinajstić information content (AvgIpc) is 2.27. The lowest BCUT2D eigenvalue weighted by Crippen LogP contribution is -2.15. The van der Waals surface area contributed by atoms with Gasteiger partial charge in [0.25, 0.3) is 5.91 Å². The predicted octanol–water partition coefficient (Wildman–Crippen LogP) is 3.31. The number of carbonyl (C=O) groups is 1. The summed E-state index contributed by atoms with van der Waals surface area (Å²) in [5.74, 6) is -1.35. The van der Waals surface area contributed by atoms with Gasteiger partial charge in [-0.15, -0.1) is 0 Å². The number of hydrogen-bond acceptors (Lipinski definition) is 3. The number of aryl methyl sites for hydroxylation is 1. The summed E-state index contributed by atoms with van der Waals surface area (Å²) in [6.07, 6.45) is -4.47. The van der Waals surface area contributed by atoms with E-state index in [1.807, 2.05) is 0 Å². The molecule has 0 heterocycles. The van der Waals surface area contributed by atoms with E-state index in [-0.39, 0.29) is 11.3 Å². The van der Waals surface area contributed by atoms with Crippen LogP contribution in [0, 0.1) is 18.3 Å². The zero-order chi connectivity index (χ0) is 15.5. The number of anilines is 1. The minimum atomic E-state index is -4.47. The lowest BCUT2D eigenvalue weighted by molar-refractivity contribution is -0.138. The molecule has 0 radical (unpaired) electrons. The van der Waals surface area contributed by atoms with Crippen LogP contribution in [0.15, 0.2) is 29.5 Å². The van der Waals surface area contributed by atoms with E-state index in [1.165, 1.54) is 13.0 Å². The first-order chi connectivity index (χ1) is 9.16. The van der Waals surface area contributed by atoms with Crippen LogP contribution in [0.3, 0.4) is 0 Å². The van der Waals surface area contributed by atoms with Crippen LogP contribution in [0.25, 0.3) is 0 Å². The number of halogens is 3. The summed E-state index contributed by atoms with van der Waals surface area (Å²) >= 11 is 0. The van der Waals surface area contributed by atoms with Gasteiger partial charge in [-0.05, 0) is 37.6 Å². The lowest BCUT2D eigenvalue weighted by atomic mass is 10.1. The summed E-state index contributed by atoms with van der Waals surface area (Å²) in [7, 11) is 0. The van der Waals surface area contributed by atoms with Crippen molar-refractivity contribution < 1.29 is 23.1 Å². The summed E-state index contributed by atoms with van der Waals surface area (Å²) in [4.78, 5) is 11.6. The van der Waals surface area contributed by atoms with Gasteiger partial charge in [0, 0.05) is 5.69 Å². The largest absolute Gasteiger partial charge is 0.511 e. The van der Waals surface area contributed by atoms with Crippen LogP contribution >= 0.6 is 0 Å². The number of hydrogen-bond donors (Lipinski definition) is 2. The Labute approximate surface area is 113 Å². The number of aliphatic hydroxyl groups is 1. The second-order valence-corrected chi connectivity index (χ2v) is 4.05. The maximum atomic E-state index is 12.6. The highest BCUT2D eigenvalue weighted by Gasteiger charge is 2.32. The third kappa shape index (κ3) is 3.51. The van der Waals surface area contributed by atoms with Crippen LogP contribution in [0.2, 0.25) is 0 Å². The Hall–Kier alpha value is -2.49. The van der Waals surface area contributed by atoms with Crippen LogP contribution < -0.4 is 5.32 Å². The van der Waals surface area contributed by atoms with Crippen molar-refractivity contribution in [1.29, 1.82) is 5.26 Å². The van der Waals surface area contributed by atoms with Gasteiger partial charge in [0.2, 0.25) is 0 Å². The lowest BCUT2D eigenvalue weighted by Gasteiger charge is -2.12. The van der Waals surface area contributed by atoms with Crippen molar-refractivity contribution in [2.75, 3.05) is 5.32 Å². The van der Waals surface area contributed by atoms with Crippen molar-refractivity contribution in [3.05, 3.63) is 40.7 Å². The summed E-state index contributed by atoms with van der Waals surface area (Å²) in [5, 5.41) is 20.0. The van der Waals surface area contributed by atoms with Crippen LogP contribution in [-0.2, 0) is 11.0 Å². The standard InChI is InChI=1S/C13H11F3N2O2/c1-7-5-9(3-4-11(7)13(14,15)16)18-12(20)10(6-17)8(2)19/h3-5,19H,1-2H3,(H,18,20)/b10-8-. The minimum absolute atomic E-state index is 0.0569. The molecular formula is C13H11F3N2O2. The topological polar surface area (TPSA) is 73.1 Å². The molecule has 7 heteroatoms. The second kappa shape index (κ2) is 5.65. The number of nitrogens with zero attached hydrogens (tertiary/aromatic N) is 1. The Morgan fingerprint density at radius 3 is 2.40 bits per heavy atom. The summed E-state index contributed by atoms with van der Waals surface area (Å²) < 4.78 is 37.7. The van der Waals surface area contributed by atoms with Crippen molar-refractivity contribution in [2.24, 2.45) is 0 Å². The SMILES string of the molecule is C/C(O)=C(\C#N)C(=O)Nc1ccc(C(F)(F)F)c(C)c1. The van der Waals surface area contributed by atoms with Crippen LogP contribution in [0.1, 0.15) is 18.1 Å². The van der Waals surface area contributed by atoms with Gasteiger partial charge in [0.1, 0.15) is 11.8 Å². The highest BCUT2D eigenvalue weighted by atomic mass is 19.4. The summed E-state index contributed by atoms with van der Waals surface area (Å²) in [5.41, 5.74) is -1.25. The minimum Gasteiger partial charge on any atom is -0.511 e. The van der Waals surface area contributed by atoms with E-state index in [4.69, 9.17) is 10.4 Å². The molecule has 4 nitrogen and oxygen atoms in total. The number of amides is 1. The zero-order valence-electron chi connectivity index (χ0n) is 10.7. The molecule has 0 bridgehead atoms. The molecule has 1 aromatic carbocycles. The Balaban J connectivity index is 3.03. The molecule has 0 aliphatic carbocycles. The Morgan fingerprint density at radius 1 is 1.40 bits per heavy atom. The molecule has 20 heavy (non-hydrogen) atoms. The Kier molecular flexibility index (Phi) is 4.40. The highest BCUT2D eigenvalue weighted by Crippen LogP contribution is 2.32. The summed E-state index contributed by atoms with van der Waals surface area (Å²) in [6.45, 7) is 2.42. The normalized spacial score (nSPS) is 12.4. The quantitative estimate of drug-likeness (QED) is 0.497. The first kappa shape index (κ1) is 15.6. The van der Waals surface area contributed by atoms with E-state index in [0.29, 0.717) is 0 Å². The zero-order valence-corrected chi connectivity index (χ0v) is 10.7. The Bertz CT molecular complexity index is 609. The second-order valence-electron chi connectivity index (χ2n) is 4.05. The molecule has 0 unspecified atom stereocenters. The number of rotatable bonds is 2. The number of carbonyl (C=O) groups excluding carboxylic acids is 1. The molecule has 0 fully saturated rings. The molecule has 0 aliphatic heterocycles. The molecule has 1 rings (SSSR count). The van der Waals surface area contributed by atoms with Crippen LogP contribution in [-0.4, -0.2) is 11.0 Å². The smallest absolute Gasteiger partial charge is 0.416 e. The number of nitriles is 1. The average molecular weight is 284 g/mol. The van der Waals surface area contributed by atoms with Gasteiger partial charge in [0.05, 0.1) is 5.56 Å². The predicted molar refractivity (Wildman–Crippen MR) is 65.8 cm³/mol. The molecular weight excluding hydrogens is 273 g/mol. The highest BCUT2D eigenvalue weighted by molar-refractivity contribution is 6.06. The Morgan fingerprint density at radius 2 is 2.00 bits per heavy atom. The summed E-state index contributed by atoms with van der Waals surface area (Å²) in [6, 6.07) is 4.57. The molecule has 1 aromatic rings. The van der Waals surface area contributed by atoms with E-state index < -0.39 is 29.0 Å². The van der Waals surface area contributed by atoms with E-state index in [2.05, 4.69) is 5.32 Å². The molecule has 0 aromatic heterocycles. The third-order valence-electron chi connectivity index (χ3n) is 2.49. The van der Waals surface area contributed by atoms with E-state index in [9.17, 15) is 18.0 Å². The molecule has 0 atom stereocenters. The fourth-order valence-electron chi connectivity index (χ4n) is 1.55. The molecule has 1 amide bonds.